The SMILES string of the molecule is CCOC(=O)CCCCSc1nc(-c2ccccc2)c(-c2ccccc2)[nH]1. The van der Waals surface area contributed by atoms with Gasteiger partial charge in [-0.3, -0.25) is 4.79 Å². The minimum Gasteiger partial charge on any atom is -0.466 e. The van der Waals surface area contributed by atoms with E-state index in [1.165, 1.54) is 0 Å². The molecule has 0 radical (unpaired) electrons. The zero-order chi connectivity index (χ0) is 18.9. The molecule has 3 aromatic rings. The number of nitrogens with zero attached hydrogens (tertiary/aromatic N) is 1. The van der Waals surface area contributed by atoms with Gasteiger partial charge in [0.05, 0.1) is 18.0 Å². The Morgan fingerprint density at radius 3 is 2.33 bits per heavy atom. The van der Waals surface area contributed by atoms with Crippen molar-refractivity contribution in [1.82, 2.24) is 9.97 Å². The lowest BCUT2D eigenvalue weighted by atomic mass is 10.1. The summed E-state index contributed by atoms with van der Waals surface area (Å²) in [7, 11) is 0. The second-order valence-electron chi connectivity index (χ2n) is 6.11. The van der Waals surface area contributed by atoms with Gasteiger partial charge in [0.2, 0.25) is 0 Å². The standard InChI is InChI=1S/C22H24N2O2S/c1-2-26-19(25)15-9-10-16-27-22-23-20(17-11-5-3-6-12-17)21(24-22)18-13-7-4-8-14-18/h3-8,11-14H,2,9-10,15-16H2,1H3,(H,23,24). The number of carbonyl (C=O) groups excluding carboxylic acids is 1. The first kappa shape index (κ1) is 19.2. The van der Waals surface area contributed by atoms with Crippen LogP contribution in [0, 0.1) is 0 Å². The number of ether oxygens (including phenoxy) is 1. The van der Waals surface area contributed by atoms with Gasteiger partial charge in [0.15, 0.2) is 5.16 Å². The fourth-order valence-corrected chi connectivity index (χ4v) is 3.68. The lowest BCUT2D eigenvalue weighted by Crippen LogP contribution is -2.03. The predicted octanol–water partition coefficient (Wildman–Crippen LogP) is 5.57. The van der Waals surface area contributed by atoms with Gasteiger partial charge in [-0.25, -0.2) is 4.98 Å². The summed E-state index contributed by atoms with van der Waals surface area (Å²) in [5.74, 6) is 0.799. The third-order valence-electron chi connectivity index (χ3n) is 4.11. The van der Waals surface area contributed by atoms with E-state index >= 15 is 0 Å². The number of esters is 1. The smallest absolute Gasteiger partial charge is 0.305 e. The van der Waals surface area contributed by atoms with Crippen LogP contribution in [0.15, 0.2) is 65.8 Å². The van der Waals surface area contributed by atoms with Gasteiger partial charge in [-0.15, -0.1) is 0 Å². The maximum atomic E-state index is 11.4. The first-order valence-corrected chi connectivity index (χ1v) is 10.3. The van der Waals surface area contributed by atoms with Crippen LogP contribution in [-0.4, -0.2) is 28.3 Å². The highest BCUT2D eigenvalue weighted by atomic mass is 32.2. The van der Waals surface area contributed by atoms with Crippen molar-refractivity contribution in [2.45, 2.75) is 31.3 Å². The first-order chi connectivity index (χ1) is 13.3. The number of unbranched alkanes of at least 4 members (excludes halogenated alkanes) is 1. The van der Waals surface area contributed by atoms with Gasteiger partial charge in [0.25, 0.3) is 0 Å². The summed E-state index contributed by atoms with van der Waals surface area (Å²) in [6, 6.07) is 20.5. The Balaban J connectivity index is 1.68. The van der Waals surface area contributed by atoms with E-state index in [-0.39, 0.29) is 5.97 Å². The third kappa shape index (κ3) is 5.47. The zero-order valence-corrected chi connectivity index (χ0v) is 16.3. The normalized spacial score (nSPS) is 10.7. The van der Waals surface area contributed by atoms with E-state index in [0.29, 0.717) is 13.0 Å². The Kier molecular flexibility index (Phi) is 7.11. The molecule has 0 aliphatic carbocycles. The van der Waals surface area contributed by atoms with Crippen molar-refractivity contribution >= 4 is 17.7 Å². The quantitative estimate of drug-likeness (QED) is 0.299. The fraction of sp³-hybridized carbons (Fsp3) is 0.273. The van der Waals surface area contributed by atoms with E-state index in [1.807, 2.05) is 43.3 Å². The van der Waals surface area contributed by atoms with E-state index in [2.05, 4.69) is 29.2 Å². The summed E-state index contributed by atoms with van der Waals surface area (Å²) in [5, 5.41) is 0.906. The predicted molar refractivity (Wildman–Crippen MR) is 111 cm³/mol. The molecule has 0 fully saturated rings. The molecule has 27 heavy (non-hydrogen) atoms. The van der Waals surface area contributed by atoms with Crippen LogP contribution >= 0.6 is 11.8 Å². The molecule has 140 valence electrons. The molecule has 5 heteroatoms. The molecule has 1 aromatic heterocycles. The molecule has 0 amide bonds. The highest BCUT2D eigenvalue weighted by Crippen LogP contribution is 2.32. The highest BCUT2D eigenvalue weighted by Gasteiger charge is 2.14. The highest BCUT2D eigenvalue weighted by molar-refractivity contribution is 7.99. The molecule has 0 bridgehead atoms. The average Bonchev–Trinajstić information content (AvgIpc) is 3.13. The largest absolute Gasteiger partial charge is 0.466 e. The minimum absolute atomic E-state index is 0.113. The zero-order valence-electron chi connectivity index (χ0n) is 15.5. The van der Waals surface area contributed by atoms with Crippen molar-refractivity contribution in [1.29, 1.82) is 0 Å². The van der Waals surface area contributed by atoms with Crippen LogP contribution in [0.4, 0.5) is 0 Å². The molecular formula is C22H24N2O2S. The summed E-state index contributed by atoms with van der Waals surface area (Å²) in [4.78, 5) is 19.7. The number of aromatic amines is 1. The Labute approximate surface area is 164 Å². The van der Waals surface area contributed by atoms with Gasteiger partial charge in [-0.2, -0.15) is 0 Å². The number of aromatic nitrogens is 2. The Hall–Kier alpha value is -2.53. The van der Waals surface area contributed by atoms with Gasteiger partial charge in [0, 0.05) is 23.3 Å². The molecule has 0 spiro atoms. The Morgan fingerprint density at radius 2 is 1.67 bits per heavy atom. The topological polar surface area (TPSA) is 55.0 Å². The van der Waals surface area contributed by atoms with Gasteiger partial charge in [-0.1, -0.05) is 72.4 Å². The minimum atomic E-state index is -0.113. The molecule has 0 unspecified atom stereocenters. The number of benzene rings is 2. The maximum Gasteiger partial charge on any atom is 0.305 e. The molecule has 0 aliphatic rings. The van der Waals surface area contributed by atoms with Crippen LogP contribution in [0.5, 0.6) is 0 Å². The summed E-state index contributed by atoms with van der Waals surface area (Å²) < 4.78 is 4.96. The molecular weight excluding hydrogens is 356 g/mol. The van der Waals surface area contributed by atoms with Crippen LogP contribution in [0.3, 0.4) is 0 Å². The summed E-state index contributed by atoms with van der Waals surface area (Å²) >= 11 is 1.69. The van der Waals surface area contributed by atoms with Crippen LogP contribution in [-0.2, 0) is 9.53 Å². The van der Waals surface area contributed by atoms with Crippen molar-refractivity contribution < 1.29 is 9.53 Å². The Morgan fingerprint density at radius 1 is 1.00 bits per heavy atom. The number of imidazole rings is 1. The second kappa shape index (κ2) is 9.97. The number of hydrogen-bond donors (Lipinski definition) is 1. The first-order valence-electron chi connectivity index (χ1n) is 9.27. The number of nitrogens with one attached hydrogen (secondary N) is 1. The van der Waals surface area contributed by atoms with Gasteiger partial charge >= 0.3 is 5.97 Å². The molecule has 1 N–H and O–H groups in total. The molecule has 3 rings (SSSR count). The number of carbonyl (C=O) groups is 1. The average molecular weight is 381 g/mol. The van der Waals surface area contributed by atoms with Crippen LogP contribution in [0.2, 0.25) is 0 Å². The van der Waals surface area contributed by atoms with Crippen molar-refractivity contribution in [3.63, 3.8) is 0 Å². The van der Waals surface area contributed by atoms with Crippen LogP contribution < -0.4 is 0 Å². The summed E-state index contributed by atoms with van der Waals surface area (Å²) in [6.07, 6.45) is 2.27. The van der Waals surface area contributed by atoms with E-state index < -0.39 is 0 Å². The van der Waals surface area contributed by atoms with Gasteiger partial charge in [-0.05, 0) is 19.8 Å². The lowest BCUT2D eigenvalue weighted by Gasteiger charge is -2.02. The van der Waals surface area contributed by atoms with Crippen molar-refractivity contribution in [2.75, 3.05) is 12.4 Å². The van der Waals surface area contributed by atoms with Gasteiger partial charge < -0.3 is 9.72 Å². The van der Waals surface area contributed by atoms with E-state index in [9.17, 15) is 4.79 Å². The van der Waals surface area contributed by atoms with Crippen molar-refractivity contribution in [3.05, 3.63) is 60.7 Å². The lowest BCUT2D eigenvalue weighted by molar-refractivity contribution is -0.143. The fourth-order valence-electron chi connectivity index (χ4n) is 2.81. The molecule has 1 heterocycles. The Bertz CT molecular complexity index is 790. The maximum absolute atomic E-state index is 11.4. The van der Waals surface area contributed by atoms with E-state index in [4.69, 9.17) is 9.72 Å². The molecule has 2 aromatic carbocycles. The van der Waals surface area contributed by atoms with Gasteiger partial charge in [0.1, 0.15) is 0 Å². The van der Waals surface area contributed by atoms with Crippen molar-refractivity contribution in [2.24, 2.45) is 0 Å². The molecule has 0 aliphatic heterocycles. The second-order valence-corrected chi connectivity index (χ2v) is 7.19. The molecule has 4 nitrogen and oxygen atoms in total. The number of hydrogen-bond acceptors (Lipinski definition) is 4. The van der Waals surface area contributed by atoms with E-state index in [1.54, 1.807) is 11.8 Å². The number of thioether (sulfide) groups is 1. The van der Waals surface area contributed by atoms with E-state index in [0.717, 1.165) is 46.3 Å². The molecule has 0 saturated heterocycles. The molecule has 0 atom stereocenters. The summed E-state index contributed by atoms with van der Waals surface area (Å²) in [5.41, 5.74) is 4.23. The number of rotatable bonds is 9. The van der Waals surface area contributed by atoms with Crippen LogP contribution in [0.1, 0.15) is 26.2 Å². The van der Waals surface area contributed by atoms with Crippen molar-refractivity contribution in [3.8, 4) is 22.5 Å². The molecule has 0 saturated carbocycles. The number of H-pyrrole nitrogens is 1. The third-order valence-corrected chi connectivity index (χ3v) is 5.07. The summed E-state index contributed by atoms with van der Waals surface area (Å²) in [6.45, 7) is 2.28. The monoisotopic (exact) mass is 380 g/mol. The van der Waals surface area contributed by atoms with Crippen LogP contribution in [0.25, 0.3) is 22.5 Å².